The van der Waals surface area contributed by atoms with Crippen molar-refractivity contribution in [1.29, 1.82) is 0 Å². The summed E-state index contributed by atoms with van der Waals surface area (Å²) >= 11 is 0. The molecule has 7 heteroatoms. The van der Waals surface area contributed by atoms with Crippen LogP contribution in [0.2, 0.25) is 0 Å². The molecule has 0 aliphatic heterocycles. The first-order valence-corrected chi connectivity index (χ1v) is 4.41. The Bertz CT molecular complexity index is 521. The second-order valence-electron chi connectivity index (χ2n) is 3.07. The van der Waals surface area contributed by atoms with Gasteiger partial charge >= 0.3 is 5.97 Å². The van der Waals surface area contributed by atoms with E-state index in [1.54, 1.807) is 0 Å². The Morgan fingerprint density at radius 1 is 1.41 bits per heavy atom. The summed E-state index contributed by atoms with van der Waals surface area (Å²) in [5.74, 6) is -2.01. The average Bonchev–Trinajstić information content (AvgIpc) is 2.25. The Hall–Kier alpha value is -2.70. The van der Waals surface area contributed by atoms with Gasteiger partial charge in [0.05, 0.1) is 16.1 Å². The van der Waals surface area contributed by atoms with E-state index in [4.69, 9.17) is 10.8 Å². The minimum absolute atomic E-state index is 0.110. The number of nitro groups is 1. The van der Waals surface area contributed by atoms with Crippen LogP contribution in [0.5, 0.6) is 0 Å². The predicted octanol–water partition coefficient (Wildman–Crippen LogP) is 0.792. The van der Waals surface area contributed by atoms with Crippen molar-refractivity contribution in [3.63, 3.8) is 0 Å². The number of aromatic carboxylic acids is 1. The molecule has 7 nitrogen and oxygen atoms in total. The van der Waals surface area contributed by atoms with E-state index in [0.29, 0.717) is 0 Å². The maximum absolute atomic E-state index is 10.7. The summed E-state index contributed by atoms with van der Waals surface area (Å²) < 4.78 is 0. The molecule has 1 rings (SSSR count). The van der Waals surface area contributed by atoms with Gasteiger partial charge in [0.25, 0.3) is 5.69 Å². The van der Waals surface area contributed by atoms with Crippen molar-refractivity contribution in [2.75, 3.05) is 0 Å². The van der Waals surface area contributed by atoms with Gasteiger partial charge in [0.15, 0.2) is 0 Å². The highest BCUT2D eigenvalue weighted by Crippen LogP contribution is 2.21. The lowest BCUT2D eigenvalue weighted by Gasteiger charge is -1.99. The van der Waals surface area contributed by atoms with Gasteiger partial charge in [0, 0.05) is 12.1 Å². The van der Waals surface area contributed by atoms with E-state index in [0.717, 1.165) is 18.2 Å². The van der Waals surface area contributed by atoms with Crippen LogP contribution >= 0.6 is 0 Å². The van der Waals surface area contributed by atoms with Gasteiger partial charge in [-0.25, -0.2) is 4.79 Å². The summed E-state index contributed by atoms with van der Waals surface area (Å²) in [5.41, 5.74) is 4.36. The zero-order chi connectivity index (χ0) is 13.0. The molecule has 1 aromatic carbocycles. The summed E-state index contributed by atoms with van der Waals surface area (Å²) in [6.45, 7) is 0. The third-order valence-electron chi connectivity index (χ3n) is 1.90. The van der Waals surface area contributed by atoms with Gasteiger partial charge in [0.2, 0.25) is 5.91 Å². The van der Waals surface area contributed by atoms with Crippen LogP contribution in [0.15, 0.2) is 24.3 Å². The Morgan fingerprint density at radius 3 is 2.53 bits per heavy atom. The quantitative estimate of drug-likeness (QED) is 0.454. The molecule has 3 N–H and O–H groups in total. The fourth-order valence-corrected chi connectivity index (χ4v) is 1.15. The number of hydrogen-bond donors (Lipinski definition) is 2. The Morgan fingerprint density at radius 2 is 2.06 bits per heavy atom. The maximum Gasteiger partial charge on any atom is 0.335 e. The monoisotopic (exact) mass is 236 g/mol. The molecule has 0 saturated carbocycles. The third-order valence-corrected chi connectivity index (χ3v) is 1.90. The van der Waals surface area contributed by atoms with Gasteiger partial charge in [-0.05, 0) is 18.2 Å². The van der Waals surface area contributed by atoms with Crippen LogP contribution in [0.3, 0.4) is 0 Å². The highest BCUT2D eigenvalue weighted by atomic mass is 16.6. The van der Waals surface area contributed by atoms with Gasteiger partial charge in [0.1, 0.15) is 0 Å². The fourth-order valence-electron chi connectivity index (χ4n) is 1.15. The summed E-state index contributed by atoms with van der Waals surface area (Å²) in [6.07, 6.45) is 2.12. The van der Waals surface area contributed by atoms with E-state index in [2.05, 4.69) is 0 Å². The molecule has 17 heavy (non-hydrogen) atoms. The number of carbonyl (C=O) groups excluding carboxylic acids is 1. The number of carbonyl (C=O) groups is 2. The van der Waals surface area contributed by atoms with Crippen molar-refractivity contribution in [3.8, 4) is 0 Å². The van der Waals surface area contributed by atoms with Gasteiger partial charge < -0.3 is 10.8 Å². The van der Waals surface area contributed by atoms with Crippen LogP contribution in [-0.4, -0.2) is 21.9 Å². The van der Waals surface area contributed by atoms with Crippen molar-refractivity contribution in [2.24, 2.45) is 5.73 Å². The molecule has 0 radical (unpaired) electrons. The van der Waals surface area contributed by atoms with Crippen LogP contribution < -0.4 is 5.73 Å². The number of hydrogen-bond acceptors (Lipinski definition) is 4. The highest BCUT2D eigenvalue weighted by Gasteiger charge is 2.15. The second-order valence-corrected chi connectivity index (χ2v) is 3.07. The largest absolute Gasteiger partial charge is 0.478 e. The molecule has 0 aromatic heterocycles. The summed E-state index contributed by atoms with van der Waals surface area (Å²) in [5, 5.41) is 19.4. The zero-order valence-corrected chi connectivity index (χ0v) is 8.49. The number of carboxylic acid groups (broad SMARTS) is 1. The maximum atomic E-state index is 10.7. The SMILES string of the molecule is NC(=O)C=Cc1ccc(C(=O)O)cc1[N+](=O)[O-]. The summed E-state index contributed by atoms with van der Waals surface area (Å²) in [7, 11) is 0. The van der Waals surface area contributed by atoms with E-state index < -0.39 is 22.5 Å². The number of nitrogens with zero attached hydrogens (tertiary/aromatic N) is 1. The van der Waals surface area contributed by atoms with Crippen LogP contribution in [-0.2, 0) is 4.79 Å². The number of benzene rings is 1. The van der Waals surface area contributed by atoms with E-state index >= 15 is 0 Å². The number of nitro benzene ring substituents is 1. The zero-order valence-electron chi connectivity index (χ0n) is 8.49. The number of amides is 1. The van der Waals surface area contributed by atoms with E-state index in [9.17, 15) is 19.7 Å². The van der Waals surface area contributed by atoms with Crippen LogP contribution in [0, 0.1) is 10.1 Å². The molecule has 0 aliphatic carbocycles. The molecule has 0 spiro atoms. The normalized spacial score (nSPS) is 10.4. The van der Waals surface area contributed by atoms with Crippen LogP contribution in [0.4, 0.5) is 5.69 Å². The third kappa shape index (κ3) is 3.13. The van der Waals surface area contributed by atoms with E-state index in [1.807, 2.05) is 0 Å². The van der Waals surface area contributed by atoms with Crippen molar-refractivity contribution >= 4 is 23.6 Å². The first-order valence-electron chi connectivity index (χ1n) is 4.41. The molecule has 0 bridgehead atoms. The molecule has 0 heterocycles. The van der Waals surface area contributed by atoms with Crippen molar-refractivity contribution in [3.05, 3.63) is 45.5 Å². The molecule has 0 saturated heterocycles. The molecule has 0 atom stereocenters. The topological polar surface area (TPSA) is 124 Å². The molecule has 0 unspecified atom stereocenters. The lowest BCUT2D eigenvalue weighted by Crippen LogP contribution is -2.05. The fraction of sp³-hybridized carbons (Fsp3) is 0. The predicted molar refractivity (Wildman–Crippen MR) is 58.3 cm³/mol. The smallest absolute Gasteiger partial charge is 0.335 e. The van der Waals surface area contributed by atoms with Crippen molar-refractivity contribution in [1.82, 2.24) is 0 Å². The summed E-state index contributed by atoms with van der Waals surface area (Å²) in [4.78, 5) is 31.1. The minimum Gasteiger partial charge on any atom is -0.478 e. The number of rotatable bonds is 4. The van der Waals surface area contributed by atoms with Crippen molar-refractivity contribution in [2.45, 2.75) is 0 Å². The molecule has 0 aliphatic rings. The lowest BCUT2D eigenvalue weighted by molar-refractivity contribution is -0.385. The first kappa shape index (κ1) is 12.4. The standard InChI is InChI=1S/C10H8N2O5/c11-9(13)4-3-6-1-2-7(10(14)15)5-8(6)12(16)17/h1-5H,(H2,11,13)(H,14,15). The van der Waals surface area contributed by atoms with E-state index in [-0.39, 0.29) is 11.1 Å². The van der Waals surface area contributed by atoms with Crippen LogP contribution in [0.25, 0.3) is 6.08 Å². The summed E-state index contributed by atoms with van der Waals surface area (Å²) in [6, 6.07) is 3.36. The van der Waals surface area contributed by atoms with Crippen LogP contribution in [0.1, 0.15) is 15.9 Å². The second kappa shape index (κ2) is 4.88. The highest BCUT2D eigenvalue weighted by molar-refractivity contribution is 5.92. The molecule has 0 fully saturated rings. The van der Waals surface area contributed by atoms with Gasteiger partial charge in [-0.2, -0.15) is 0 Å². The Balaban J connectivity index is 3.27. The van der Waals surface area contributed by atoms with E-state index in [1.165, 1.54) is 12.1 Å². The molecular formula is C10H8N2O5. The molecule has 1 amide bonds. The minimum atomic E-state index is -1.27. The van der Waals surface area contributed by atoms with Gasteiger partial charge in [-0.15, -0.1) is 0 Å². The molecular weight excluding hydrogens is 228 g/mol. The van der Waals surface area contributed by atoms with Gasteiger partial charge in [-0.3, -0.25) is 14.9 Å². The lowest BCUT2D eigenvalue weighted by atomic mass is 10.1. The van der Waals surface area contributed by atoms with Crippen molar-refractivity contribution < 1.29 is 19.6 Å². The Kier molecular flexibility index (Phi) is 3.55. The average molecular weight is 236 g/mol. The number of carboxylic acids is 1. The molecule has 1 aromatic rings. The number of primary amides is 1. The Labute approximate surface area is 95.3 Å². The van der Waals surface area contributed by atoms with Gasteiger partial charge in [-0.1, -0.05) is 0 Å². The number of nitrogens with two attached hydrogens (primary N) is 1. The molecule has 88 valence electrons. The first-order chi connectivity index (χ1) is 7.91.